The van der Waals surface area contributed by atoms with Gasteiger partial charge >= 0.3 is 0 Å². The number of pyridine rings is 2. The number of anilines is 3. The molecule has 0 saturated carbocycles. The lowest BCUT2D eigenvalue weighted by molar-refractivity contribution is -0.119. The number of halogens is 1. The van der Waals surface area contributed by atoms with Gasteiger partial charge in [0, 0.05) is 32.8 Å². The monoisotopic (exact) mass is 615 g/mol. The van der Waals surface area contributed by atoms with E-state index in [0.717, 1.165) is 5.82 Å². The minimum Gasteiger partial charge on any atom is -0.387 e. The minimum atomic E-state index is -1.68. The number of hydrogen-bond acceptors (Lipinski definition) is 10. The van der Waals surface area contributed by atoms with E-state index in [9.17, 15) is 24.3 Å². The second-order valence-corrected chi connectivity index (χ2v) is 11.3. The molecule has 0 aliphatic carbocycles. The van der Waals surface area contributed by atoms with Gasteiger partial charge in [0.2, 0.25) is 5.91 Å². The van der Waals surface area contributed by atoms with Crippen LogP contribution in [0, 0.1) is 11.3 Å². The number of hydrogen-bond donors (Lipinski definition) is 4. The number of fused-ring (bicyclic) bond motifs is 1. The van der Waals surface area contributed by atoms with Gasteiger partial charge < -0.3 is 30.7 Å². The minimum absolute atomic E-state index is 0.118. The van der Waals surface area contributed by atoms with Crippen LogP contribution in [-0.2, 0) is 9.53 Å². The normalized spacial score (nSPS) is 15.7. The number of nitrogens with zero attached hydrogens (tertiary/aromatic N) is 6. The summed E-state index contributed by atoms with van der Waals surface area (Å²) in [5.74, 6) is 0.0318. The Morgan fingerprint density at radius 1 is 1.18 bits per heavy atom. The zero-order valence-corrected chi connectivity index (χ0v) is 25.1. The molecule has 1 aliphatic heterocycles. The van der Waals surface area contributed by atoms with Gasteiger partial charge in [-0.05, 0) is 50.2 Å². The standard InChI is InChI=1S/C31H34FN9O4/c1-19(42)34-15-23-18-40(8-9-45-23)29-7-4-21(14-36-29)39-25-11-26(27-6-5-22-10-20(12-33)13-38-41(22)27)35-16-24(25)30(43)37-17-28(32)31(2,3)44/h4-7,10-11,13-14,16,23,28,44H,8-9,15,17-18H2,1-3H3,(H,34,42)(H,35,39)(H,37,43)/t23?,28-/m1/s1. The molecule has 5 heterocycles. The number of nitriles is 1. The fraction of sp³-hybridized carbons (Fsp3) is 0.355. The van der Waals surface area contributed by atoms with E-state index >= 15 is 0 Å². The van der Waals surface area contributed by atoms with E-state index < -0.39 is 24.2 Å². The van der Waals surface area contributed by atoms with Gasteiger partial charge in [0.1, 0.15) is 18.1 Å². The Balaban J connectivity index is 1.40. The number of aromatic nitrogens is 4. The van der Waals surface area contributed by atoms with Crippen molar-refractivity contribution in [3.63, 3.8) is 0 Å². The van der Waals surface area contributed by atoms with E-state index in [1.807, 2.05) is 24.3 Å². The lowest BCUT2D eigenvalue weighted by Crippen LogP contribution is -2.47. The van der Waals surface area contributed by atoms with E-state index in [1.165, 1.54) is 33.2 Å². The van der Waals surface area contributed by atoms with Crippen molar-refractivity contribution in [2.45, 2.75) is 38.6 Å². The van der Waals surface area contributed by atoms with Crippen LogP contribution >= 0.6 is 0 Å². The van der Waals surface area contributed by atoms with Crippen LogP contribution in [0.25, 0.3) is 16.9 Å². The molecule has 0 aromatic carbocycles. The maximum atomic E-state index is 14.4. The Kier molecular flexibility index (Phi) is 9.21. The number of carbonyl (C=O) groups is 2. The summed E-state index contributed by atoms with van der Waals surface area (Å²) in [7, 11) is 0. The Hall–Kier alpha value is -5.13. The predicted molar refractivity (Wildman–Crippen MR) is 165 cm³/mol. The first-order chi connectivity index (χ1) is 21.5. The van der Waals surface area contributed by atoms with Crippen LogP contribution in [0.4, 0.5) is 21.6 Å². The van der Waals surface area contributed by atoms with Crippen molar-refractivity contribution in [1.82, 2.24) is 30.2 Å². The Morgan fingerprint density at radius 2 is 2.00 bits per heavy atom. The topological polar surface area (TPSA) is 170 Å². The fourth-order valence-electron chi connectivity index (χ4n) is 4.77. The number of aliphatic hydroxyl groups is 1. The van der Waals surface area contributed by atoms with E-state index in [4.69, 9.17) is 4.74 Å². The van der Waals surface area contributed by atoms with Crippen LogP contribution < -0.4 is 20.9 Å². The van der Waals surface area contributed by atoms with Crippen LogP contribution in [0.15, 0.2) is 55.0 Å². The molecule has 1 unspecified atom stereocenters. The molecular formula is C31H34FN9O4. The van der Waals surface area contributed by atoms with Gasteiger partial charge in [0.15, 0.2) is 0 Å². The predicted octanol–water partition coefficient (Wildman–Crippen LogP) is 2.59. The first kappa shape index (κ1) is 31.3. The van der Waals surface area contributed by atoms with Crippen LogP contribution in [-0.4, -0.2) is 87.2 Å². The largest absolute Gasteiger partial charge is 0.387 e. The molecule has 234 valence electrons. The van der Waals surface area contributed by atoms with Crippen molar-refractivity contribution in [3.05, 3.63) is 66.1 Å². The third kappa shape index (κ3) is 7.51. The van der Waals surface area contributed by atoms with Crippen molar-refractivity contribution in [1.29, 1.82) is 5.26 Å². The van der Waals surface area contributed by atoms with Gasteiger partial charge in [0.25, 0.3) is 5.91 Å². The highest BCUT2D eigenvalue weighted by atomic mass is 19.1. The average Bonchev–Trinajstić information content (AvgIpc) is 3.46. The summed E-state index contributed by atoms with van der Waals surface area (Å²) in [4.78, 5) is 35.7. The molecule has 4 N–H and O–H groups in total. The first-order valence-corrected chi connectivity index (χ1v) is 14.4. The number of carbonyl (C=O) groups excluding carboxylic acids is 2. The van der Waals surface area contributed by atoms with Gasteiger partial charge in [-0.3, -0.25) is 14.6 Å². The molecule has 0 bridgehead atoms. The van der Waals surface area contributed by atoms with Crippen molar-refractivity contribution < 1.29 is 23.8 Å². The quantitative estimate of drug-likeness (QED) is 0.208. The molecule has 4 aromatic rings. The number of ether oxygens (including phenoxy) is 1. The van der Waals surface area contributed by atoms with Crippen molar-refractivity contribution in [3.8, 4) is 17.5 Å². The molecule has 0 radical (unpaired) electrons. The molecule has 5 rings (SSSR count). The summed E-state index contributed by atoms with van der Waals surface area (Å²) in [5, 5.41) is 32.1. The first-order valence-electron chi connectivity index (χ1n) is 14.4. The average molecular weight is 616 g/mol. The summed E-state index contributed by atoms with van der Waals surface area (Å²) in [6.07, 6.45) is 2.63. The lowest BCUT2D eigenvalue weighted by atomic mass is 10.0. The highest BCUT2D eigenvalue weighted by Crippen LogP contribution is 2.28. The molecule has 4 aromatic heterocycles. The molecule has 13 nitrogen and oxygen atoms in total. The van der Waals surface area contributed by atoms with Gasteiger partial charge in [-0.25, -0.2) is 13.9 Å². The Bertz CT molecular complexity index is 1730. The molecule has 14 heteroatoms. The molecule has 1 saturated heterocycles. The number of amides is 2. The summed E-state index contributed by atoms with van der Waals surface area (Å²) >= 11 is 0. The Morgan fingerprint density at radius 3 is 2.71 bits per heavy atom. The molecule has 2 atom stereocenters. The zero-order valence-electron chi connectivity index (χ0n) is 25.1. The van der Waals surface area contributed by atoms with E-state index in [0.29, 0.717) is 60.1 Å². The van der Waals surface area contributed by atoms with Crippen LogP contribution in [0.5, 0.6) is 0 Å². The van der Waals surface area contributed by atoms with Gasteiger partial charge in [0.05, 0.1) is 76.7 Å². The van der Waals surface area contributed by atoms with Crippen molar-refractivity contribution in [2.75, 3.05) is 43.0 Å². The summed E-state index contributed by atoms with van der Waals surface area (Å²) < 4.78 is 21.8. The van der Waals surface area contributed by atoms with Crippen LogP contribution in [0.2, 0.25) is 0 Å². The Labute approximate surface area is 259 Å². The molecule has 1 fully saturated rings. The van der Waals surface area contributed by atoms with Crippen molar-refractivity contribution in [2.24, 2.45) is 0 Å². The highest BCUT2D eigenvalue weighted by Gasteiger charge is 2.27. The summed E-state index contributed by atoms with van der Waals surface area (Å²) in [6.45, 7) is 5.85. The number of rotatable bonds is 10. The molecular weight excluding hydrogens is 581 g/mol. The molecule has 45 heavy (non-hydrogen) atoms. The summed E-state index contributed by atoms with van der Waals surface area (Å²) in [6, 6.07) is 12.8. The van der Waals surface area contributed by atoms with E-state index in [1.54, 1.807) is 22.8 Å². The van der Waals surface area contributed by atoms with Gasteiger partial charge in [-0.1, -0.05) is 0 Å². The molecule has 1 aliphatic rings. The van der Waals surface area contributed by atoms with Crippen molar-refractivity contribution >= 4 is 34.5 Å². The number of morpholine rings is 1. The van der Waals surface area contributed by atoms with E-state index in [-0.39, 0.29) is 17.6 Å². The highest BCUT2D eigenvalue weighted by molar-refractivity contribution is 6.00. The fourth-order valence-corrected chi connectivity index (χ4v) is 4.77. The van der Waals surface area contributed by atoms with E-state index in [2.05, 4.69) is 42.0 Å². The lowest BCUT2D eigenvalue weighted by Gasteiger charge is -2.33. The van der Waals surface area contributed by atoms with Crippen LogP contribution in [0.3, 0.4) is 0 Å². The number of nitrogens with one attached hydrogen (secondary N) is 3. The summed E-state index contributed by atoms with van der Waals surface area (Å²) in [5.41, 5.74) is 1.75. The third-order valence-electron chi connectivity index (χ3n) is 7.32. The maximum absolute atomic E-state index is 14.4. The second kappa shape index (κ2) is 13.2. The molecule has 0 spiro atoms. The second-order valence-electron chi connectivity index (χ2n) is 11.3. The van der Waals surface area contributed by atoms with Gasteiger partial charge in [-0.2, -0.15) is 10.4 Å². The zero-order chi connectivity index (χ0) is 32.1. The third-order valence-corrected chi connectivity index (χ3v) is 7.32. The van der Waals surface area contributed by atoms with Gasteiger partial charge in [-0.15, -0.1) is 0 Å². The van der Waals surface area contributed by atoms with Crippen LogP contribution in [0.1, 0.15) is 36.7 Å². The number of alkyl halides is 1. The SMILES string of the molecule is CC(=O)NCC1CN(c2ccc(Nc3cc(-c4ccc5cc(C#N)cnn45)ncc3C(=O)NC[C@@H](F)C(C)(C)O)cn2)CCO1. The smallest absolute Gasteiger partial charge is 0.255 e. The maximum Gasteiger partial charge on any atom is 0.255 e. The molecule has 2 amide bonds.